The maximum atomic E-state index is 11.7. The van der Waals surface area contributed by atoms with Crippen molar-refractivity contribution in [1.29, 1.82) is 0 Å². The van der Waals surface area contributed by atoms with E-state index in [9.17, 15) is 8.42 Å². The second-order valence-electron chi connectivity index (χ2n) is 4.77. The second kappa shape index (κ2) is 8.89. The smallest absolute Gasteiger partial charge is 0.211 e. The quantitative estimate of drug-likeness (QED) is 0.592. The van der Waals surface area contributed by atoms with Crippen LogP contribution in [0.4, 0.5) is 0 Å². The van der Waals surface area contributed by atoms with Crippen molar-refractivity contribution in [1.82, 2.24) is 10.0 Å². The molecule has 0 aromatic rings. The Labute approximate surface area is 107 Å². The van der Waals surface area contributed by atoms with E-state index >= 15 is 0 Å². The first-order valence-electron chi connectivity index (χ1n) is 6.64. The Morgan fingerprint density at radius 2 is 1.65 bits per heavy atom. The molecule has 0 unspecified atom stereocenters. The Bertz CT molecular complexity index is 272. The minimum absolute atomic E-state index is 0.0915. The fourth-order valence-electron chi connectivity index (χ4n) is 1.58. The van der Waals surface area contributed by atoms with Crippen molar-refractivity contribution in [2.45, 2.75) is 65.5 Å². The molecule has 0 heterocycles. The Balaban J connectivity index is 3.78. The fraction of sp³-hybridized carbons (Fsp3) is 1.00. The summed E-state index contributed by atoms with van der Waals surface area (Å²) in [6.07, 6.45) is 3.33. The van der Waals surface area contributed by atoms with Crippen LogP contribution < -0.4 is 10.0 Å². The van der Waals surface area contributed by atoms with Crippen LogP contribution in [0.5, 0.6) is 0 Å². The van der Waals surface area contributed by atoms with Gasteiger partial charge in [-0.05, 0) is 32.2 Å². The topological polar surface area (TPSA) is 58.2 Å². The van der Waals surface area contributed by atoms with E-state index in [2.05, 4.69) is 23.9 Å². The molecule has 0 aromatic carbocycles. The van der Waals surface area contributed by atoms with Gasteiger partial charge in [-0.3, -0.25) is 0 Å². The van der Waals surface area contributed by atoms with Crippen LogP contribution in [0.2, 0.25) is 0 Å². The first-order chi connectivity index (χ1) is 7.91. The SMILES string of the molecule is CCC(CC)NS(=O)(=O)CCCCNC(C)C. The highest BCUT2D eigenvalue weighted by Crippen LogP contribution is 2.01. The van der Waals surface area contributed by atoms with Crippen molar-refractivity contribution in [2.75, 3.05) is 12.3 Å². The van der Waals surface area contributed by atoms with Crippen LogP contribution >= 0.6 is 0 Å². The normalized spacial score (nSPS) is 12.6. The van der Waals surface area contributed by atoms with E-state index in [1.54, 1.807) is 0 Å². The predicted octanol–water partition coefficient (Wildman–Crippen LogP) is 1.87. The molecular formula is C12H28N2O2S. The third-order valence-corrected chi connectivity index (χ3v) is 4.24. The van der Waals surface area contributed by atoms with Gasteiger partial charge in [0.05, 0.1) is 5.75 Å². The molecule has 17 heavy (non-hydrogen) atoms. The van der Waals surface area contributed by atoms with E-state index in [1.807, 2.05) is 13.8 Å². The highest BCUT2D eigenvalue weighted by atomic mass is 32.2. The van der Waals surface area contributed by atoms with Gasteiger partial charge in [-0.2, -0.15) is 0 Å². The zero-order chi connectivity index (χ0) is 13.3. The molecule has 0 bridgehead atoms. The highest BCUT2D eigenvalue weighted by Gasteiger charge is 2.14. The van der Waals surface area contributed by atoms with E-state index < -0.39 is 10.0 Å². The van der Waals surface area contributed by atoms with Crippen LogP contribution in [0.3, 0.4) is 0 Å². The maximum absolute atomic E-state index is 11.7. The summed E-state index contributed by atoms with van der Waals surface area (Å²) in [5, 5.41) is 3.28. The molecule has 0 fully saturated rings. The van der Waals surface area contributed by atoms with Crippen LogP contribution in [-0.2, 0) is 10.0 Å². The molecule has 0 amide bonds. The third kappa shape index (κ3) is 9.56. The van der Waals surface area contributed by atoms with Gasteiger partial charge in [-0.25, -0.2) is 13.1 Å². The van der Waals surface area contributed by atoms with E-state index in [1.165, 1.54) is 0 Å². The molecule has 0 saturated heterocycles. The molecule has 0 atom stereocenters. The molecule has 2 N–H and O–H groups in total. The molecule has 104 valence electrons. The number of hydrogen-bond donors (Lipinski definition) is 2. The Morgan fingerprint density at radius 3 is 2.12 bits per heavy atom. The Morgan fingerprint density at radius 1 is 1.06 bits per heavy atom. The van der Waals surface area contributed by atoms with Crippen molar-refractivity contribution in [3.63, 3.8) is 0 Å². The van der Waals surface area contributed by atoms with E-state index in [4.69, 9.17) is 0 Å². The third-order valence-electron chi connectivity index (χ3n) is 2.72. The van der Waals surface area contributed by atoms with Crippen LogP contribution in [0.25, 0.3) is 0 Å². The first kappa shape index (κ1) is 16.9. The number of nitrogens with one attached hydrogen (secondary N) is 2. The van der Waals surface area contributed by atoms with Gasteiger partial charge < -0.3 is 5.32 Å². The largest absolute Gasteiger partial charge is 0.315 e. The highest BCUT2D eigenvalue weighted by molar-refractivity contribution is 7.89. The summed E-state index contributed by atoms with van der Waals surface area (Å²) in [7, 11) is -3.08. The van der Waals surface area contributed by atoms with Crippen molar-refractivity contribution in [3.8, 4) is 0 Å². The minimum Gasteiger partial charge on any atom is -0.315 e. The van der Waals surface area contributed by atoms with Crippen LogP contribution in [0, 0.1) is 0 Å². The van der Waals surface area contributed by atoms with E-state index in [-0.39, 0.29) is 11.8 Å². The average Bonchev–Trinajstić information content (AvgIpc) is 2.25. The Hall–Kier alpha value is -0.130. The lowest BCUT2D eigenvalue weighted by atomic mass is 10.2. The molecule has 0 spiro atoms. The van der Waals surface area contributed by atoms with Crippen molar-refractivity contribution in [2.24, 2.45) is 0 Å². The van der Waals surface area contributed by atoms with Gasteiger partial charge in [0.2, 0.25) is 10.0 Å². The second-order valence-corrected chi connectivity index (χ2v) is 6.64. The number of rotatable bonds is 10. The Kier molecular flexibility index (Phi) is 8.82. The maximum Gasteiger partial charge on any atom is 0.211 e. The summed E-state index contributed by atoms with van der Waals surface area (Å²) in [5.41, 5.74) is 0. The van der Waals surface area contributed by atoms with Gasteiger partial charge in [0, 0.05) is 12.1 Å². The fourth-order valence-corrected chi connectivity index (χ4v) is 3.12. The molecule has 0 radical (unpaired) electrons. The molecule has 0 saturated carbocycles. The summed E-state index contributed by atoms with van der Waals surface area (Å²) in [5.74, 6) is 0.239. The van der Waals surface area contributed by atoms with Crippen molar-refractivity contribution < 1.29 is 8.42 Å². The molecule has 4 nitrogen and oxygen atoms in total. The number of hydrogen-bond acceptors (Lipinski definition) is 3. The summed E-state index contributed by atoms with van der Waals surface area (Å²) in [6.45, 7) is 9.07. The summed E-state index contributed by atoms with van der Waals surface area (Å²) < 4.78 is 26.2. The standard InChI is InChI=1S/C12H28N2O2S/c1-5-12(6-2)14-17(15,16)10-8-7-9-13-11(3)4/h11-14H,5-10H2,1-4H3. The molecule has 0 aliphatic carbocycles. The summed E-state index contributed by atoms with van der Waals surface area (Å²) in [6, 6.07) is 0.558. The van der Waals surface area contributed by atoms with Gasteiger partial charge in [0.15, 0.2) is 0 Å². The zero-order valence-corrected chi connectivity index (χ0v) is 12.4. The van der Waals surface area contributed by atoms with Crippen LogP contribution in [0.1, 0.15) is 53.4 Å². The molecular weight excluding hydrogens is 236 g/mol. The zero-order valence-electron chi connectivity index (χ0n) is 11.6. The summed E-state index contributed by atoms with van der Waals surface area (Å²) in [4.78, 5) is 0. The van der Waals surface area contributed by atoms with Crippen LogP contribution in [0.15, 0.2) is 0 Å². The predicted molar refractivity (Wildman–Crippen MR) is 73.7 cm³/mol. The lowest BCUT2D eigenvalue weighted by Crippen LogP contribution is -2.35. The lowest BCUT2D eigenvalue weighted by Gasteiger charge is -2.15. The number of sulfonamides is 1. The van der Waals surface area contributed by atoms with Gasteiger partial charge in [-0.1, -0.05) is 27.7 Å². The first-order valence-corrected chi connectivity index (χ1v) is 8.29. The molecule has 0 rings (SSSR count). The minimum atomic E-state index is -3.08. The molecule has 0 aliphatic heterocycles. The van der Waals surface area contributed by atoms with Gasteiger partial charge in [0.1, 0.15) is 0 Å². The average molecular weight is 264 g/mol. The lowest BCUT2D eigenvalue weighted by molar-refractivity contribution is 0.524. The monoisotopic (exact) mass is 264 g/mol. The molecule has 5 heteroatoms. The van der Waals surface area contributed by atoms with E-state index in [0.717, 1.165) is 32.2 Å². The van der Waals surface area contributed by atoms with Gasteiger partial charge in [0.25, 0.3) is 0 Å². The van der Waals surface area contributed by atoms with Gasteiger partial charge >= 0.3 is 0 Å². The molecule has 0 aromatic heterocycles. The van der Waals surface area contributed by atoms with E-state index in [0.29, 0.717) is 6.04 Å². The number of unbranched alkanes of at least 4 members (excludes halogenated alkanes) is 1. The van der Waals surface area contributed by atoms with Crippen LogP contribution in [-0.4, -0.2) is 32.8 Å². The van der Waals surface area contributed by atoms with Crippen molar-refractivity contribution >= 4 is 10.0 Å². The van der Waals surface area contributed by atoms with Crippen molar-refractivity contribution in [3.05, 3.63) is 0 Å². The molecule has 0 aliphatic rings. The van der Waals surface area contributed by atoms with Gasteiger partial charge in [-0.15, -0.1) is 0 Å². The summed E-state index contributed by atoms with van der Waals surface area (Å²) >= 11 is 0.